The largest absolute Gasteiger partial charge is 0.480 e. The lowest BCUT2D eigenvalue weighted by Gasteiger charge is -2.52. The Bertz CT molecular complexity index is 980. The van der Waals surface area contributed by atoms with Gasteiger partial charge in [0, 0.05) is 16.3 Å². The minimum atomic E-state index is -1.55. The maximum atomic E-state index is 12.7. The number of carbonyl (C=O) groups is 4. The average molecular weight is 527 g/mol. The van der Waals surface area contributed by atoms with Gasteiger partial charge < -0.3 is 36.0 Å². The summed E-state index contributed by atoms with van der Waals surface area (Å²) in [5.41, 5.74) is -0.963. The molecule has 6 N–H and O–H groups in total. The van der Waals surface area contributed by atoms with E-state index in [1.165, 1.54) is 11.3 Å². The van der Waals surface area contributed by atoms with Crippen molar-refractivity contribution in [1.82, 2.24) is 20.9 Å². The third-order valence-corrected chi connectivity index (χ3v) is 7.89. The molecule has 1 aromatic rings. The van der Waals surface area contributed by atoms with Crippen LogP contribution in [0.5, 0.6) is 0 Å². The molecule has 1 heterocycles. The van der Waals surface area contributed by atoms with Crippen molar-refractivity contribution in [3.63, 3.8) is 0 Å². The lowest BCUT2D eigenvalue weighted by atomic mass is 9.57. The number of ether oxygens (including phenoxy) is 1. The van der Waals surface area contributed by atoms with E-state index in [0.717, 1.165) is 43.5 Å². The first-order chi connectivity index (χ1) is 16.8. The van der Waals surface area contributed by atoms with Crippen LogP contribution in [-0.4, -0.2) is 80.6 Å². The van der Waals surface area contributed by atoms with Gasteiger partial charge >= 0.3 is 12.1 Å². The SMILES string of the molecule is CC(C)(C)OC(=O)NC12CCC(c3nc(C(=O)N[C@H](CO)C(=O)N[C@H](CO)C(=O)O)cs3)(CC1)CC2. The minimum Gasteiger partial charge on any atom is -0.480 e. The molecule has 0 unspecified atom stereocenters. The summed E-state index contributed by atoms with van der Waals surface area (Å²) >= 11 is 1.36. The van der Waals surface area contributed by atoms with Crippen LogP contribution in [0.1, 0.15) is 74.8 Å². The molecule has 200 valence electrons. The van der Waals surface area contributed by atoms with Gasteiger partial charge in [0.25, 0.3) is 5.91 Å². The molecule has 4 rings (SSSR count). The second kappa shape index (κ2) is 10.7. The standard InChI is InChI=1S/C23H34N4O8S/c1-21(2,3)35-20(34)27-23-7-4-22(5-8-23,6-9-23)19-26-15(12-36-19)17(31)24-13(10-28)16(30)25-14(11-29)18(32)33/h12-14,28-29H,4-11H2,1-3H3,(H,24,31)(H,25,30)(H,27,34)(H,32,33)/t13-,14-,22?,23?/m1/s1. The second-order valence-corrected chi connectivity index (χ2v) is 11.4. The van der Waals surface area contributed by atoms with E-state index in [1.807, 2.05) is 20.8 Å². The lowest BCUT2D eigenvalue weighted by molar-refractivity contribution is -0.143. The highest BCUT2D eigenvalue weighted by atomic mass is 32.1. The van der Waals surface area contributed by atoms with Crippen LogP contribution in [0.15, 0.2) is 5.38 Å². The average Bonchev–Trinajstić information content (AvgIpc) is 3.31. The summed E-state index contributed by atoms with van der Waals surface area (Å²) in [7, 11) is 0. The van der Waals surface area contributed by atoms with Crippen molar-refractivity contribution in [2.75, 3.05) is 13.2 Å². The number of fused-ring (bicyclic) bond motifs is 3. The van der Waals surface area contributed by atoms with Crippen molar-refractivity contribution >= 4 is 35.2 Å². The fourth-order valence-electron chi connectivity index (χ4n) is 4.72. The number of carboxylic acids is 1. The molecule has 2 bridgehead atoms. The normalized spacial score (nSPS) is 24.9. The van der Waals surface area contributed by atoms with E-state index in [0.29, 0.717) is 0 Å². The third kappa shape index (κ3) is 6.31. The lowest BCUT2D eigenvalue weighted by Crippen LogP contribution is -2.58. The number of aromatic nitrogens is 1. The van der Waals surface area contributed by atoms with Gasteiger partial charge in [0.2, 0.25) is 5.91 Å². The second-order valence-electron chi connectivity index (χ2n) is 10.5. The number of thiazole rings is 1. The number of aliphatic hydroxyl groups is 2. The molecule has 3 fully saturated rings. The van der Waals surface area contributed by atoms with Crippen LogP contribution in [0, 0.1) is 0 Å². The van der Waals surface area contributed by atoms with Gasteiger partial charge in [-0.15, -0.1) is 11.3 Å². The number of aliphatic hydroxyl groups excluding tert-OH is 2. The molecule has 3 amide bonds. The first kappa shape index (κ1) is 27.8. The number of aliphatic carboxylic acids is 1. The Hall–Kier alpha value is -2.77. The van der Waals surface area contributed by atoms with Crippen molar-refractivity contribution in [2.24, 2.45) is 0 Å². The molecule has 0 aromatic carbocycles. The number of carboxylic acid groups (broad SMARTS) is 1. The number of hydrogen-bond donors (Lipinski definition) is 6. The smallest absolute Gasteiger partial charge is 0.408 e. The van der Waals surface area contributed by atoms with Crippen LogP contribution in [0.2, 0.25) is 0 Å². The highest BCUT2D eigenvalue weighted by Crippen LogP contribution is 2.54. The predicted molar refractivity (Wildman–Crippen MR) is 129 cm³/mol. The Morgan fingerprint density at radius 1 is 1.03 bits per heavy atom. The van der Waals surface area contributed by atoms with Gasteiger partial charge in [-0.3, -0.25) is 9.59 Å². The van der Waals surface area contributed by atoms with E-state index in [1.54, 1.807) is 5.38 Å². The zero-order chi connectivity index (χ0) is 26.7. The topological polar surface area (TPSA) is 187 Å². The summed E-state index contributed by atoms with van der Waals surface area (Å²) in [5.74, 6) is -3.05. The van der Waals surface area contributed by atoms with Crippen LogP contribution in [0.3, 0.4) is 0 Å². The Kier molecular flexibility index (Phi) is 8.26. The molecule has 0 aliphatic heterocycles. The molecule has 0 radical (unpaired) electrons. The summed E-state index contributed by atoms with van der Waals surface area (Å²) in [4.78, 5) is 52.8. The minimum absolute atomic E-state index is 0.0989. The third-order valence-electron chi connectivity index (χ3n) is 6.80. The van der Waals surface area contributed by atoms with Crippen molar-refractivity contribution in [1.29, 1.82) is 0 Å². The van der Waals surface area contributed by atoms with Crippen molar-refractivity contribution in [3.8, 4) is 0 Å². The Morgan fingerprint density at radius 2 is 1.61 bits per heavy atom. The fourth-order valence-corrected chi connectivity index (χ4v) is 5.81. The monoisotopic (exact) mass is 526 g/mol. The molecule has 2 atom stereocenters. The predicted octanol–water partition coefficient (Wildman–Crippen LogP) is 0.665. The maximum Gasteiger partial charge on any atom is 0.408 e. The van der Waals surface area contributed by atoms with E-state index < -0.39 is 54.8 Å². The number of rotatable bonds is 9. The number of amides is 3. The van der Waals surface area contributed by atoms with Crippen molar-refractivity contribution in [2.45, 2.75) is 87.9 Å². The molecule has 13 heteroatoms. The van der Waals surface area contributed by atoms with Crippen molar-refractivity contribution < 1.29 is 39.2 Å². The number of carbonyl (C=O) groups excluding carboxylic acids is 3. The highest BCUT2D eigenvalue weighted by Gasteiger charge is 2.51. The van der Waals surface area contributed by atoms with E-state index in [-0.39, 0.29) is 16.6 Å². The van der Waals surface area contributed by atoms with Gasteiger partial charge in [-0.1, -0.05) is 0 Å². The summed E-state index contributed by atoms with van der Waals surface area (Å²) in [5, 5.41) is 37.4. The van der Waals surface area contributed by atoms with Crippen molar-refractivity contribution in [3.05, 3.63) is 16.1 Å². The van der Waals surface area contributed by atoms with E-state index >= 15 is 0 Å². The molecule has 0 saturated heterocycles. The van der Waals surface area contributed by atoms with Gasteiger partial charge in [-0.2, -0.15) is 0 Å². The molecule has 1 aromatic heterocycles. The van der Waals surface area contributed by atoms with E-state index in [9.17, 15) is 24.3 Å². The van der Waals surface area contributed by atoms with Crippen LogP contribution in [0.25, 0.3) is 0 Å². The molecule has 0 spiro atoms. The summed E-state index contributed by atoms with van der Waals surface area (Å²) < 4.78 is 5.43. The first-order valence-electron chi connectivity index (χ1n) is 11.8. The van der Waals surface area contributed by atoms with Gasteiger partial charge in [0.15, 0.2) is 0 Å². The zero-order valence-corrected chi connectivity index (χ0v) is 21.4. The Balaban J connectivity index is 1.61. The summed E-state index contributed by atoms with van der Waals surface area (Å²) in [6.45, 7) is 3.88. The van der Waals surface area contributed by atoms with E-state index in [4.69, 9.17) is 14.9 Å². The molecule has 3 aliphatic carbocycles. The van der Waals surface area contributed by atoms with Crippen LogP contribution in [-0.2, 0) is 19.7 Å². The molecular weight excluding hydrogens is 492 g/mol. The van der Waals surface area contributed by atoms with Gasteiger partial charge in [-0.25, -0.2) is 14.6 Å². The van der Waals surface area contributed by atoms with Gasteiger partial charge in [-0.05, 0) is 59.3 Å². The van der Waals surface area contributed by atoms with E-state index in [2.05, 4.69) is 20.9 Å². The zero-order valence-electron chi connectivity index (χ0n) is 20.6. The summed E-state index contributed by atoms with van der Waals surface area (Å²) in [6.07, 6.45) is 4.31. The molecule has 12 nitrogen and oxygen atoms in total. The van der Waals surface area contributed by atoms with Gasteiger partial charge in [0.1, 0.15) is 23.4 Å². The molecule has 36 heavy (non-hydrogen) atoms. The van der Waals surface area contributed by atoms with Crippen LogP contribution >= 0.6 is 11.3 Å². The number of nitrogens with one attached hydrogen (secondary N) is 3. The number of hydrogen-bond acceptors (Lipinski definition) is 9. The number of alkyl carbamates (subject to hydrolysis) is 1. The van der Waals surface area contributed by atoms with Gasteiger partial charge in [0.05, 0.1) is 18.2 Å². The number of nitrogens with zero attached hydrogens (tertiary/aromatic N) is 1. The first-order valence-corrected chi connectivity index (χ1v) is 12.7. The Labute approximate surface area is 212 Å². The Morgan fingerprint density at radius 3 is 2.11 bits per heavy atom. The maximum absolute atomic E-state index is 12.7. The molecule has 3 aliphatic rings. The van der Waals surface area contributed by atoms with Crippen LogP contribution < -0.4 is 16.0 Å². The fraction of sp³-hybridized carbons (Fsp3) is 0.696. The summed E-state index contributed by atoms with van der Waals surface area (Å²) in [6, 6.07) is -2.96. The van der Waals surface area contributed by atoms with Crippen LogP contribution in [0.4, 0.5) is 4.79 Å². The highest BCUT2D eigenvalue weighted by molar-refractivity contribution is 7.10. The molecular formula is C23H34N4O8S. The quantitative estimate of drug-likeness (QED) is 0.269. The molecule has 3 saturated carbocycles.